The van der Waals surface area contributed by atoms with Gasteiger partial charge in [-0.2, -0.15) is 0 Å². The topological polar surface area (TPSA) is 18.5 Å². The normalized spacial score (nSPS) is 24.3. The van der Waals surface area contributed by atoms with Gasteiger partial charge in [-0.3, -0.25) is 0 Å². The lowest BCUT2D eigenvalue weighted by Gasteiger charge is -2.34. The van der Waals surface area contributed by atoms with Crippen LogP contribution in [0.5, 0.6) is 5.75 Å². The van der Waals surface area contributed by atoms with E-state index in [9.17, 15) is 0 Å². The molecule has 1 aliphatic carbocycles. The van der Waals surface area contributed by atoms with E-state index < -0.39 is 0 Å². The fourth-order valence-corrected chi connectivity index (χ4v) is 3.54. The molecule has 3 rings (SSSR count). The first-order valence-corrected chi connectivity index (χ1v) is 8.55. The summed E-state index contributed by atoms with van der Waals surface area (Å²) in [6.45, 7) is 2.97. The van der Waals surface area contributed by atoms with E-state index in [-0.39, 0.29) is 0 Å². The Bertz CT molecular complexity index is 608. The lowest BCUT2D eigenvalue weighted by atomic mass is 9.75. The molecule has 1 aliphatic rings. The van der Waals surface area contributed by atoms with E-state index in [1.54, 1.807) is 0 Å². The van der Waals surface area contributed by atoms with Crippen molar-refractivity contribution in [3.05, 3.63) is 65.7 Å². The van der Waals surface area contributed by atoms with Crippen LogP contribution in [-0.2, 0) is 11.3 Å². The van der Waals surface area contributed by atoms with Crippen LogP contribution in [0.15, 0.2) is 54.6 Å². The third kappa shape index (κ3) is 4.14. The average molecular weight is 310 g/mol. The predicted molar refractivity (Wildman–Crippen MR) is 93.8 cm³/mol. The van der Waals surface area contributed by atoms with E-state index in [1.807, 2.05) is 31.4 Å². The Labute approximate surface area is 139 Å². The molecule has 1 fully saturated rings. The van der Waals surface area contributed by atoms with Gasteiger partial charge in [0.05, 0.1) is 6.10 Å². The van der Waals surface area contributed by atoms with Crippen molar-refractivity contribution in [2.24, 2.45) is 5.92 Å². The van der Waals surface area contributed by atoms with Crippen molar-refractivity contribution in [3.8, 4) is 5.75 Å². The number of methoxy groups -OCH3 is 1. The van der Waals surface area contributed by atoms with Gasteiger partial charge in [0.25, 0.3) is 0 Å². The lowest BCUT2D eigenvalue weighted by Crippen LogP contribution is -2.26. The lowest BCUT2D eigenvalue weighted by molar-refractivity contribution is 0.0493. The van der Waals surface area contributed by atoms with Crippen LogP contribution < -0.4 is 4.74 Å². The Morgan fingerprint density at radius 3 is 2.61 bits per heavy atom. The monoisotopic (exact) mass is 310 g/mol. The van der Waals surface area contributed by atoms with Gasteiger partial charge in [0.2, 0.25) is 0 Å². The maximum atomic E-state index is 5.98. The van der Waals surface area contributed by atoms with Crippen molar-refractivity contribution in [3.63, 3.8) is 0 Å². The summed E-state index contributed by atoms with van der Waals surface area (Å²) in [5.41, 5.74) is 2.58. The van der Waals surface area contributed by atoms with E-state index in [1.165, 1.54) is 24.0 Å². The van der Waals surface area contributed by atoms with Gasteiger partial charge in [-0.25, -0.2) is 0 Å². The molecule has 3 atom stereocenters. The van der Waals surface area contributed by atoms with Crippen LogP contribution in [0.3, 0.4) is 0 Å². The maximum Gasteiger partial charge on any atom is 0.120 e. The van der Waals surface area contributed by atoms with E-state index in [0.717, 1.165) is 12.2 Å². The van der Waals surface area contributed by atoms with Crippen LogP contribution in [0.4, 0.5) is 0 Å². The minimum absolute atomic E-state index is 0.394. The van der Waals surface area contributed by atoms with E-state index in [4.69, 9.17) is 9.47 Å². The molecule has 0 bridgehead atoms. The highest BCUT2D eigenvalue weighted by Gasteiger charge is 2.28. The minimum Gasteiger partial charge on any atom is -0.489 e. The van der Waals surface area contributed by atoms with Crippen molar-refractivity contribution in [1.82, 2.24) is 0 Å². The van der Waals surface area contributed by atoms with Gasteiger partial charge in [-0.05, 0) is 54.4 Å². The molecular weight excluding hydrogens is 284 g/mol. The third-order valence-electron chi connectivity index (χ3n) is 5.02. The molecule has 0 radical (unpaired) electrons. The SMILES string of the molecule is COC1CCC(C)C(c2cccc(OCc3ccccc3)c2)C1. The standard InChI is InChI=1S/C21H26O2/c1-16-11-12-19(22-2)14-21(16)18-9-6-10-20(13-18)23-15-17-7-4-3-5-8-17/h3-10,13,16,19,21H,11-12,14-15H2,1-2H3. The molecule has 1 saturated carbocycles. The zero-order valence-electron chi connectivity index (χ0n) is 14.1. The quantitative estimate of drug-likeness (QED) is 0.757. The molecule has 0 amide bonds. The zero-order valence-corrected chi connectivity index (χ0v) is 14.1. The van der Waals surface area contributed by atoms with Crippen LogP contribution in [0, 0.1) is 5.92 Å². The van der Waals surface area contributed by atoms with Crippen LogP contribution in [0.2, 0.25) is 0 Å². The fraction of sp³-hybridized carbons (Fsp3) is 0.429. The molecule has 23 heavy (non-hydrogen) atoms. The smallest absolute Gasteiger partial charge is 0.120 e. The van der Waals surface area contributed by atoms with E-state index >= 15 is 0 Å². The number of rotatable bonds is 5. The maximum absolute atomic E-state index is 5.98. The van der Waals surface area contributed by atoms with E-state index in [2.05, 4.69) is 37.3 Å². The van der Waals surface area contributed by atoms with Gasteiger partial charge >= 0.3 is 0 Å². The van der Waals surface area contributed by atoms with E-state index in [0.29, 0.717) is 24.5 Å². The number of ether oxygens (including phenoxy) is 2. The molecule has 0 aromatic heterocycles. The summed E-state index contributed by atoms with van der Waals surface area (Å²) >= 11 is 0. The number of hydrogen-bond acceptors (Lipinski definition) is 2. The summed E-state index contributed by atoms with van der Waals surface area (Å²) in [6, 6.07) is 18.9. The molecule has 2 aromatic carbocycles. The van der Waals surface area contributed by atoms with Crippen LogP contribution in [0.1, 0.15) is 43.2 Å². The predicted octanol–water partition coefficient (Wildman–Crippen LogP) is 5.18. The molecule has 122 valence electrons. The van der Waals surface area contributed by atoms with Gasteiger partial charge in [0, 0.05) is 7.11 Å². The van der Waals surface area contributed by atoms with Crippen molar-refractivity contribution < 1.29 is 9.47 Å². The molecule has 0 spiro atoms. The highest BCUT2D eigenvalue weighted by Crippen LogP contribution is 2.39. The number of hydrogen-bond donors (Lipinski definition) is 0. The molecule has 2 aromatic rings. The van der Waals surface area contributed by atoms with Crippen LogP contribution in [0.25, 0.3) is 0 Å². The first-order chi connectivity index (χ1) is 11.3. The summed E-state index contributed by atoms with van der Waals surface area (Å²) in [7, 11) is 1.83. The summed E-state index contributed by atoms with van der Waals surface area (Å²) in [4.78, 5) is 0. The van der Waals surface area contributed by atoms with Gasteiger partial charge in [-0.15, -0.1) is 0 Å². The highest BCUT2D eigenvalue weighted by atomic mass is 16.5. The second-order valence-electron chi connectivity index (χ2n) is 6.60. The highest BCUT2D eigenvalue weighted by molar-refractivity contribution is 5.32. The summed E-state index contributed by atoms with van der Waals surface area (Å²) in [5.74, 6) is 2.22. The number of benzene rings is 2. The van der Waals surface area contributed by atoms with Crippen molar-refractivity contribution in [2.75, 3.05) is 7.11 Å². The molecule has 0 aliphatic heterocycles. The second kappa shape index (κ2) is 7.65. The van der Waals surface area contributed by atoms with Gasteiger partial charge in [0.1, 0.15) is 12.4 Å². The summed E-state index contributed by atoms with van der Waals surface area (Å²) in [5, 5.41) is 0. The summed E-state index contributed by atoms with van der Waals surface area (Å²) in [6.07, 6.45) is 3.92. The largest absolute Gasteiger partial charge is 0.489 e. The Morgan fingerprint density at radius 1 is 1.00 bits per heavy atom. The molecule has 2 heteroatoms. The third-order valence-corrected chi connectivity index (χ3v) is 5.02. The zero-order chi connectivity index (χ0) is 16.1. The molecule has 0 N–H and O–H groups in total. The first kappa shape index (κ1) is 16.1. The van der Waals surface area contributed by atoms with Gasteiger partial charge in [-0.1, -0.05) is 49.4 Å². The molecule has 3 unspecified atom stereocenters. The van der Waals surface area contributed by atoms with Crippen LogP contribution >= 0.6 is 0 Å². The van der Waals surface area contributed by atoms with Gasteiger partial charge < -0.3 is 9.47 Å². The minimum atomic E-state index is 0.394. The Kier molecular flexibility index (Phi) is 5.35. The fourth-order valence-electron chi connectivity index (χ4n) is 3.54. The second-order valence-corrected chi connectivity index (χ2v) is 6.60. The van der Waals surface area contributed by atoms with Crippen molar-refractivity contribution >= 4 is 0 Å². The van der Waals surface area contributed by atoms with Gasteiger partial charge in [0.15, 0.2) is 0 Å². The summed E-state index contributed by atoms with van der Waals surface area (Å²) < 4.78 is 11.6. The molecular formula is C21H26O2. The van der Waals surface area contributed by atoms with Crippen molar-refractivity contribution in [1.29, 1.82) is 0 Å². The molecule has 0 heterocycles. The Morgan fingerprint density at radius 2 is 1.83 bits per heavy atom. The Balaban J connectivity index is 1.69. The molecule has 2 nitrogen and oxygen atoms in total. The Hall–Kier alpha value is -1.80. The first-order valence-electron chi connectivity index (χ1n) is 8.55. The molecule has 0 saturated heterocycles. The van der Waals surface area contributed by atoms with Crippen molar-refractivity contribution in [2.45, 2.75) is 44.8 Å². The van der Waals surface area contributed by atoms with Crippen LogP contribution in [-0.4, -0.2) is 13.2 Å². The average Bonchev–Trinajstić information content (AvgIpc) is 2.61.